The highest BCUT2D eigenvalue weighted by Gasteiger charge is 2.61. The van der Waals surface area contributed by atoms with E-state index in [2.05, 4.69) is 0 Å². The second-order valence-corrected chi connectivity index (χ2v) is 7.97. The van der Waals surface area contributed by atoms with Crippen LogP contribution in [0.5, 0.6) is 0 Å². The molecule has 0 radical (unpaired) electrons. The Kier molecular flexibility index (Phi) is 4.38. The summed E-state index contributed by atoms with van der Waals surface area (Å²) >= 11 is 0. The van der Waals surface area contributed by atoms with Gasteiger partial charge in [-0.3, -0.25) is 5.32 Å². The molecular weight excluding hydrogens is 334 g/mol. The molecule has 9 heteroatoms. The van der Waals surface area contributed by atoms with Gasteiger partial charge in [0, 0.05) is 0 Å². The highest BCUT2D eigenvalue weighted by atomic mass is 16.8. The van der Waals surface area contributed by atoms with Crippen molar-refractivity contribution in [1.82, 2.24) is 0 Å². The Morgan fingerprint density at radius 3 is 1.40 bits per heavy atom. The maximum atomic E-state index is 9.58. The fraction of sp³-hybridized carbons (Fsp3) is 1.00. The third-order valence-corrected chi connectivity index (χ3v) is 5.11. The molecule has 4 heterocycles. The van der Waals surface area contributed by atoms with Crippen molar-refractivity contribution < 1.29 is 44.0 Å². The number of nitrogens with two attached hydrogens (primary N) is 1. The van der Waals surface area contributed by atoms with E-state index >= 15 is 0 Å². The van der Waals surface area contributed by atoms with Crippen molar-refractivity contribution in [2.24, 2.45) is 0 Å². The van der Waals surface area contributed by atoms with Crippen LogP contribution in [0.15, 0.2) is 0 Å². The Balaban J connectivity index is 1.48. The number of aliphatic hydroxyl groups excluding tert-OH is 2. The lowest BCUT2D eigenvalue weighted by Gasteiger charge is -2.26. The van der Waals surface area contributed by atoms with Crippen LogP contribution in [-0.2, 0) is 28.4 Å². The van der Waals surface area contributed by atoms with Gasteiger partial charge >= 0.3 is 0 Å². The van der Waals surface area contributed by atoms with Crippen molar-refractivity contribution in [3.63, 3.8) is 0 Å². The zero-order valence-corrected chi connectivity index (χ0v) is 15.0. The van der Waals surface area contributed by atoms with Crippen LogP contribution in [0.1, 0.15) is 27.7 Å². The monoisotopic (exact) mass is 362 g/mol. The number of rotatable bonds is 4. The van der Waals surface area contributed by atoms with Crippen LogP contribution < -0.4 is 5.32 Å². The van der Waals surface area contributed by atoms with Gasteiger partial charge in [0.1, 0.15) is 24.4 Å². The van der Waals surface area contributed by atoms with Crippen LogP contribution >= 0.6 is 0 Å². The first-order chi connectivity index (χ1) is 11.7. The lowest BCUT2D eigenvalue weighted by Crippen LogP contribution is -2.99. The predicted molar refractivity (Wildman–Crippen MR) is 81.1 cm³/mol. The molecule has 0 bridgehead atoms. The van der Waals surface area contributed by atoms with E-state index in [0.29, 0.717) is 0 Å². The SMILES string of the molecule is CC1(C)O[C@@H]2[C@H](O1)[C@H]([NH2+][C@@H]1O[C@H](CO)[C@@H]3OC(C)(C)O[C@@H]31)O[C@H]2CO. The van der Waals surface area contributed by atoms with Gasteiger partial charge in [-0.25, -0.2) is 0 Å². The molecule has 25 heavy (non-hydrogen) atoms. The van der Waals surface area contributed by atoms with E-state index < -0.39 is 36.2 Å². The van der Waals surface area contributed by atoms with E-state index in [4.69, 9.17) is 28.4 Å². The third kappa shape index (κ3) is 3.11. The van der Waals surface area contributed by atoms with Crippen molar-refractivity contribution in [2.45, 2.75) is 88.3 Å². The van der Waals surface area contributed by atoms with Crippen LogP contribution in [0.25, 0.3) is 0 Å². The average molecular weight is 362 g/mol. The summed E-state index contributed by atoms with van der Waals surface area (Å²) in [6.07, 6.45) is -3.00. The predicted octanol–water partition coefficient (Wildman–Crippen LogP) is -1.98. The van der Waals surface area contributed by atoms with Crippen LogP contribution in [-0.4, -0.2) is 84.1 Å². The standard InChI is InChI=1S/C16H27NO8/c1-15(2)22-9-7(5-18)20-13(11(9)24-15)17-14-12-10(8(6-19)21-14)23-16(3,4)25-12/h7-14,17-19H,5-6H2,1-4H3/p+1/t7-,8+,9-,10-,11-,12-,13+,14+/m0/s1. The maximum Gasteiger partial charge on any atom is 0.222 e. The summed E-state index contributed by atoms with van der Waals surface area (Å²) in [4.78, 5) is 0. The maximum absolute atomic E-state index is 9.58. The molecule has 8 atom stereocenters. The topological polar surface area (TPSA) is 112 Å². The summed E-state index contributed by atoms with van der Waals surface area (Å²) in [5.41, 5.74) is 0. The highest BCUT2D eigenvalue weighted by Crippen LogP contribution is 2.39. The van der Waals surface area contributed by atoms with Gasteiger partial charge in [-0.1, -0.05) is 0 Å². The van der Waals surface area contributed by atoms with Crippen LogP contribution in [0.3, 0.4) is 0 Å². The molecule has 0 amide bonds. The molecule has 9 nitrogen and oxygen atoms in total. The minimum atomic E-state index is -0.722. The summed E-state index contributed by atoms with van der Waals surface area (Å²) in [7, 11) is 0. The van der Waals surface area contributed by atoms with Crippen LogP contribution in [0.4, 0.5) is 0 Å². The second kappa shape index (κ2) is 6.08. The first-order valence-corrected chi connectivity index (χ1v) is 8.82. The molecular formula is C16H28NO8+. The fourth-order valence-corrected chi connectivity index (χ4v) is 4.22. The molecule has 0 unspecified atom stereocenters. The molecule has 4 aliphatic heterocycles. The van der Waals surface area contributed by atoms with Gasteiger partial charge in [-0.05, 0) is 27.7 Å². The molecule has 4 aliphatic rings. The largest absolute Gasteiger partial charge is 0.394 e. The quantitative estimate of drug-likeness (QED) is 0.528. The van der Waals surface area contributed by atoms with E-state index in [-0.39, 0.29) is 37.6 Å². The first-order valence-electron chi connectivity index (χ1n) is 8.82. The van der Waals surface area contributed by atoms with Gasteiger partial charge < -0.3 is 38.6 Å². The van der Waals surface area contributed by atoms with E-state index in [1.165, 1.54) is 0 Å². The normalized spacial score (nSPS) is 50.2. The zero-order chi connectivity index (χ0) is 18.0. The van der Waals surface area contributed by atoms with Crippen molar-refractivity contribution >= 4 is 0 Å². The smallest absolute Gasteiger partial charge is 0.222 e. The van der Waals surface area contributed by atoms with Gasteiger partial charge in [-0.15, -0.1) is 0 Å². The van der Waals surface area contributed by atoms with Crippen molar-refractivity contribution in [2.75, 3.05) is 13.2 Å². The second-order valence-electron chi connectivity index (χ2n) is 7.97. The van der Waals surface area contributed by atoms with E-state index in [1.807, 2.05) is 33.0 Å². The van der Waals surface area contributed by atoms with Gasteiger partial charge in [0.05, 0.1) is 13.2 Å². The van der Waals surface area contributed by atoms with Gasteiger partial charge in [-0.2, -0.15) is 0 Å². The Morgan fingerprint density at radius 1 is 0.680 bits per heavy atom. The van der Waals surface area contributed by atoms with E-state index in [1.54, 1.807) is 0 Å². The number of hydrogen-bond acceptors (Lipinski definition) is 8. The molecule has 0 aromatic heterocycles. The lowest BCUT2D eigenvalue weighted by molar-refractivity contribution is -0.791. The van der Waals surface area contributed by atoms with Gasteiger partial charge in [0.2, 0.25) is 12.5 Å². The number of hydrogen-bond donors (Lipinski definition) is 3. The third-order valence-electron chi connectivity index (χ3n) is 5.11. The molecule has 0 aliphatic carbocycles. The van der Waals surface area contributed by atoms with E-state index in [0.717, 1.165) is 0 Å². The number of ether oxygens (including phenoxy) is 6. The summed E-state index contributed by atoms with van der Waals surface area (Å²) < 4.78 is 35.5. The minimum absolute atomic E-state index is 0.144. The molecule has 4 rings (SSSR count). The fourth-order valence-electron chi connectivity index (χ4n) is 4.22. The van der Waals surface area contributed by atoms with Crippen molar-refractivity contribution in [3.05, 3.63) is 0 Å². The Labute approximate surface area is 146 Å². The molecule has 4 saturated heterocycles. The molecule has 144 valence electrons. The van der Waals surface area contributed by atoms with Gasteiger partial charge in [0.15, 0.2) is 23.8 Å². The van der Waals surface area contributed by atoms with Crippen LogP contribution in [0.2, 0.25) is 0 Å². The molecule has 4 fully saturated rings. The molecule has 4 N–H and O–H groups in total. The highest BCUT2D eigenvalue weighted by molar-refractivity contribution is 4.96. The number of aliphatic hydroxyl groups is 2. The Bertz CT molecular complexity index is 470. The molecule has 0 spiro atoms. The van der Waals surface area contributed by atoms with Gasteiger partial charge in [0.25, 0.3) is 0 Å². The first kappa shape index (κ1) is 18.0. The molecule has 0 aromatic carbocycles. The van der Waals surface area contributed by atoms with Crippen LogP contribution in [0, 0.1) is 0 Å². The Morgan fingerprint density at radius 2 is 1.04 bits per heavy atom. The Hall–Kier alpha value is -0.360. The summed E-state index contributed by atoms with van der Waals surface area (Å²) in [5.74, 6) is -1.44. The lowest BCUT2D eigenvalue weighted by atomic mass is 10.1. The summed E-state index contributed by atoms with van der Waals surface area (Å²) in [5, 5.41) is 21.0. The summed E-state index contributed by atoms with van der Waals surface area (Å²) in [6.45, 7) is 7.09. The van der Waals surface area contributed by atoms with E-state index in [9.17, 15) is 10.2 Å². The summed E-state index contributed by atoms with van der Waals surface area (Å²) in [6, 6.07) is 0. The number of fused-ring (bicyclic) bond motifs is 2. The van der Waals surface area contributed by atoms with Crippen molar-refractivity contribution in [3.8, 4) is 0 Å². The minimum Gasteiger partial charge on any atom is -0.394 e. The average Bonchev–Trinajstić information content (AvgIpc) is 3.18. The molecule has 0 aromatic rings. The zero-order valence-electron chi connectivity index (χ0n) is 15.0. The molecule has 0 saturated carbocycles. The number of quaternary nitrogens is 1. The van der Waals surface area contributed by atoms with Crippen molar-refractivity contribution in [1.29, 1.82) is 0 Å².